The van der Waals surface area contributed by atoms with Crippen molar-refractivity contribution in [1.82, 2.24) is 15.5 Å². The molecule has 0 radical (unpaired) electrons. The lowest BCUT2D eigenvalue weighted by Gasteiger charge is -2.18. The van der Waals surface area contributed by atoms with Gasteiger partial charge in [0.2, 0.25) is 11.8 Å². The molecule has 1 aromatic rings. The molecule has 0 bridgehead atoms. The number of carbonyl (C=O) groups is 2. The van der Waals surface area contributed by atoms with E-state index in [1.54, 1.807) is 0 Å². The first-order valence-corrected chi connectivity index (χ1v) is 7.70. The normalized spacial score (nSPS) is 12.3. The van der Waals surface area contributed by atoms with Crippen LogP contribution in [0.5, 0.6) is 0 Å². The van der Waals surface area contributed by atoms with Crippen LogP contribution in [0.1, 0.15) is 38.8 Å². The lowest BCUT2D eigenvalue weighted by molar-refractivity contribution is -0.124. The van der Waals surface area contributed by atoms with Crippen LogP contribution in [0.3, 0.4) is 0 Å². The molecule has 1 rings (SSSR count). The lowest BCUT2D eigenvalue weighted by atomic mass is 10.1. The smallest absolute Gasteiger partial charge is 0.234 e. The average Bonchev–Trinajstić information content (AvgIpc) is 2.45. The second kappa shape index (κ2) is 9.20. The summed E-state index contributed by atoms with van der Waals surface area (Å²) >= 11 is 0. The predicted octanol–water partition coefficient (Wildman–Crippen LogP) is 1.71. The summed E-state index contributed by atoms with van der Waals surface area (Å²) in [6.45, 7) is 6.68. The van der Waals surface area contributed by atoms with Gasteiger partial charge in [0.15, 0.2) is 0 Å². The van der Waals surface area contributed by atoms with E-state index in [-0.39, 0.29) is 23.9 Å². The van der Waals surface area contributed by atoms with E-state index < -0.39 is 0 Å². The third-order valence-electron chi connectivity index (χ3n) is 3.26. The molecule has 0 aliphatic rings. The van der Waals surface area contributed by atoms with Gasteiger partial charge in [-0.2, -0.15) is 0 Å². The fourth-order valence-electron chi connectivity index (χ4n) is 2.12. The van der Waals surface area contributed by atoms with Gasteiger partial charge < -0.3 is 10.6 Å². The number of hydrogen-bond donors (Lipinski definition) is 2. The third-order valence-corrected chi connectivity index (χ3v) is 3.26. The highest BCUT2D eigenvalue weighted by atomic mass is 16.2. The number of carbonyl (C=O) groups excluding carboxylic acids is 2. The van der Waals surface area contributed by atoms with Gasteiger partial charge in [-0.3, -0.25) is 14.5 Å². The molecule has 0 spiro atoms. The van der Waals surface area contributed by atoms with Gasteiger partial charge in [-0.1, -0.05) is 30.3 Å². The van der Waals surface area contributed by atoms with Crippen molar-refractivity contribution in [3.63, 3.8) is 0 Å². The molecule has 2 amide bonds. The van der Waals surface area contributed by atoms with Crippen LogP contribution < -0.4 is 10.6 Å². The number of nitrogens with one attached hydrogen (secondary N) is 2. The maximum Gasteiger partial charge on any atom is 0.234 e. The zero-order valence-electron chi connectivity index (χ0n) is 13.9. The monoisotopic (exact) mass is 305 g/mol. The van der Waals surface area contributed by atoms with Crippen LogP contribution in [0.25, 0.3) is 0 Å². The minimum Gasteiger partial charge on any atom is -0.353 e. The van der Waals surface area contributed by atoms with Crippen molar-refractivity contribution in [2.75, 3.05) is 20.1 Å². The molecule has 22 heavy (non-hydrogen) atoms. The van der Waals surface area contributed by atoms with Crippen LogP contribution in [0.15, 0.2) is 30.3 Å². The first-order valence-electron chi connectivity index (χ1n) is 7.70. The van der Waals surface area contributed by atoms with E-state index >= 15 is 0 Å². The van der Waals surface area contributed by atoms with E-state index in [1.165, 1.54) is 0 Å². The molecule has 5 nitrogen and oxygen atoms in total. The van der Waals surface area contributed by atoms with Gasteiger partial charge in [-0.15, -0.1) is 0 Å². The largest absolute Gasteiger partial charge is 0.353 e. The van der Waals surface area contributed by atoms with E-state index in [0.29, 0.717) is 19.5 Å². The molecule has 0 saturated heterocycles. The number of rotatable bonds is 8. The van der Waals surface area contributed by atoms with Gasteiger partial charge in [0.1, 0.15) is 0 Å². The highest BCUT2D eigenvalue weighted by Gasteiger charge is 2.12. The van der Waals surface area contributed by atoms with Gasteiger partial charge in [0.05, 0.1) is 12.6 Å². The van der Waals surface area contributed by atoms with Crippen molar-refractivity contribution in [2.24, 2.45) is 0 Å². The summed E-state index contributed by atoms with van der Waals surface area (Å²) in [5.41, 5.74) is 1.08. The van der Waals surface area contributed by atoms with Crippen molar-refractivity contribution in [3.8, 4) is 0 Å². The molecule has 5 heteroatoms. The highest BCUT2D eigenvalue weighted by Crippen LogP contribution is 2.11. The molecule has 1 aromatic carbocycles. The SMILES string of the molecule is CC(C)NC(=O)CN(C)CCC(=O)NC(C)c1ccccc1. The minimum absolute atomic E-state index is 0.00697. The zero-order valence-corrected chi connectivity index (χ0v) is 13.9. The van der Waals surface area contributed by atoms with Crippen LogP contribution in [-0.4, -0.2) is 42.9 Å². The van der Waals surface area contributed by atoms with Crippen molar-refractivity contribution >= 4 is 11.8 Å². The summed E-state index contributed by atoms with van der Waals surface area (Å²) in [7, 11) is 1.84. The number of benzene rings is 1. The molecule has 0 fully saturated rings. The molecule has 2 N–H and O–H groups in total. The van der Waals surface area contributed by atoms with Crippen molar-refractivity contribution in [1.29, 1.82) is 0 Å². The van der Waals surface area contributed by atoms with Gasteiger partial charge in [0, 0.05) is 19.0 Å². The molecular formula is C17H27N3O2. The van der Waals surface area contributed by atoms with Crippen molar-refractivity contribution in [3.05, 3.63) is 35.9 Å². The Bertz CT molecular complexity index is 474. The van der Waals surface area contributed by atoms with Crippen molar-refractivity contribution in [2.45, 2.75) is 39.3 Å². The summed E-state index contributed by atoms with van der Waals surface area (Å²) < 4.78 is 0. The minimum atomic E-state index is -0.0180. The lowest BCUT2D eigenvalue weighted by Crippen LogP contribution is -2.39. The molecule has 122 valence electrons. The number of hydrogen-bond acceptors (Lipinski definition) is 3. The van der Waals surface area contributed by atoms with E-state index in [1.807, 2.05) is 63.1 Å². The summed E-state index contributed by atoms with van der Waals surface area (Å²) in [4.78, 5) is 25.4. The topological polar surface area (TPSA) is 61.4 Å². The predicted molar refractivity (Wildman–Crippen MR) is 88.4 cm³/mol. The first kappa shape index (κ1) is 18.2. The van der Waals surface area contributed by atoms with Crippen molar-refractivity contribution < 1.29 is 9.59 Å². The Balaban J connectivity index is 2.29. The second-order valence-electron chi connectivity index (χ2n) is 5.91. The zero-order chi connectivity index (χ0) is 16.5. The Morgan fingerprint density at radius 1 is 1.05 bits per heavy atom. The Morgan fingerprint density at radius 2 is 1.68 bits per heavy atom. The third kappa shape index (κ3) is 7.22. The molecule has 0 aromatic heterocycles. The fourth-order valence-corrected chi connectivity index (χ4v) is 2.12. The maximum atomic E-state index is 12.0. The fraction of sp³-hybridized carbons (Fsp3) is 0.529. The number of likely N-dealkylation sites (N-methyl/N-ethyl adjacent to an activating group) is 1. The molecular weight excluding hydrogens is 278 g/mol. The highest BCUT2D eigenvalue weighted by molar-refractivity contribution is 5.78. The summed E-state index contributed by atoms with van der Waals surface area (Å²) in [6, 6.07) is 9.98. The average molecular weight is 305 g/mol. The molecule has 0 aliphatic carbocycles. The molecule has 0 aliphatic heterocycles. The Kier molecular flexibility index (Phi) is 7.60. The van der Waals surface area contributed by atoms with E-state index in [9.17, 15) is 9.59 Å². The Morgan fingerprint density at radius 3 is 2.27 bits per heavy atom. The van der Waals surface area contributed by atoms with E-state index in [0.717, 1.165) is 5.56 Å². The number of amides is 2. The standard InChI is InChI=1S/C17H27N3O2/c1-13(2)18-17(22)12-20(4)11-10-16(21)19-14(3)15-8-6-5-7-9-15/h5-9,13-14H,10-12H2,1-4H3,(H,18,22)(H,19,21). The first-order chi connectivity index (χ1) is 10.4. The molecule has 1 atom stereocenters. The summed E-state index contributed by atoms with van der Waals surface area (Å²) in [6.07, 6.45) is 0.378. The molecule has 0 saturated carbocycles. The van der Waals surface area contributed by atoms with Gasteiger partial charge >= 0.3 is 0 Å². The Labute approximate surface area is 133 Å². The van der Waals surface area contributed by atoms with Crippen LogP contribution in [0, 0.1) is 0 Å². The molecule has 0 heterocycles. The van der Waals surface area contributed by atoms with Crippen LogP contribution in [0.4, 0.5) is 0 Å². The van der Waals surface area contributed by atoms with E-state index in [2.05, 4.69) is 10.6 Å². The number of nitrogens with zero attached hydrogens (tertiary/aromatic N) is 1. The van der Waals surface area contributed by atoms with Gasteiger partial charge in [0.25, 0.3) is 0 Å². The quantitative estimate of drug-likeness (QED) is 0.768. The van der Waals surface area contributed by atoms with Crippen LogP contribution >= 0.6 is 0 Å². The maximum absolute atomic E-state index is 12.0. The summed E-state index contributed by atoms with van der Waals surface area (Å²) in [5, 5.41) is 5.80. The van der Waals surface area contributed by atoms with E-state index in [4.69, 9.17) is 0 Å². The van der Waals surface area contributed by atoms with Gasteiger partial charge in [-0.05, 0) is 33.4 Å². The van der Waals surface area contributed by atoms with Gasteiger partial charge in [-0.25, -0.2) is 0 Å². The summed E-state index contributed by atoms with van der Waals surface area (Å²) in [5.74, 6) is -0.0250. The molecule has 1 unspecified atom stereocenters. The van der Waals surface area contributed by atoms with Crippen LogP contribution in [-0.2, 0) is 9.59 Å². The Hall–Kier alpha value is -1.88. The second-order valence-corrected chi connectivity index (χ2v) is 5.91. The van der Waals surface area contributed by atoms with Crippen LogP contribution in [0.2, 0.25) is 0 Å².